The third-order valence-electron chi connectivity index (χ3n) is 2.54. The van der Waals surface area contributed by atoms with E-state index in [0.717, 1.165) is 11.1 Å². The molecule has 0 aliphatic heterocycles. The largest absolute Gasteiger partial charge is 0.296 e. The SMILES string of the molecule is O=[N+]([O-])C1(Br)C=CC(c2ccccc2)=CC1. The molecule has 3 nitrogen and oxygen atoms in total. The molecular weight excluding hydrogens is 270 g/mol. The van der Waals surface area contributed by atoms with Crippen molar-refractivity contribution in [3.8, 4) is 0 Å². The van der Waals surface area contributed by atoms with Gasteiger partial charge in [-0.2, -0.15) is 0 Å². The molecule has 1 aliphatic rings. The molecule has 0 saturated carbocycles. The Morgan fingerprint density at radius 2 is 2.00 bits per heavy atom. The lowest BCUT2D eigenvalue weighted by molar-refractivity contribution is -0.520. The Labute approximate surface area is 102 Å². The van der Waals surface area contributed by atoms with Gasteiger partial charge < -0.3 is 0 Å². The van der Waals surface area contributed by atoms with Gasteiger partial charge in [0.05, 0.1) is 6.42 Å². The Hall–Kier alpha value is -1.42. The van der Waals surface area contributed by atoms with Gasteiger partial charge in [-0.15, -0.1) is 0 Å². The molecular formula is C12H10BrNO2. The molecule has 2 rings (SSSR count). The van der Waals surface area contributed by atoms with Crippen LogP contribution in [0.25, 0.3) is 5.57 Å². The van der Waals surface area contributed by atoms with Crippen LogP contribution in [0, 0.1) is 10.1 Å². The normalized spacial score (nSPS) is 23.9. The Balaban J connectivity index is 2.23. The number of nitrogens with zero attached hydrogens (tertiary/aromatic N) is 1. The molecule has 16 heavy (non-hydrogen) atoms. The maximum absolute atomic E-state index is 10.8. The van der Waals surface area contributed by atoms with Gasteiger partial charge in [0.15, 0.2) is 0 Å². The first-order valence-corrected chi connectivity index (χ1v) is 5.69. The van der Waals surface area contributed by atoms with E-state index in [1.165, 1.54) is 0 Å². The lowest BCUT2D eigenvalue weighted by Crippen LogP contribution is -2.29. The van der Waals surface area contributed by atoms with Gasteiger partial charge in [0.25, 0.3) is 4.45 Å². The van der Waals surface area contributed by atoms with E-state index in [2.05, 4.69) is 15.9 Å². The number of nitro groups is 1. The first-order chi connectivity index (χ1) is 7.62. The molecule has 1 aromatic carbocycles. The fraction of sp³-hybridized carbons (Fsp3) is 0.167. The molecule has 0 amide bonds. The van der Waals surface area contributed by atoms with E-state index in [0.29, 0.717) is 6.42 Å². The molecule has 0 bridgehead atoms. The van der Waals surface area contributed by atoms with Gasteiger partial charge in [-0.05, 0) is 11.1 Å². The summed E-state index contributed by atoms with van der Waals surface area (Å²) in [6.07, 6.45) is 5.62. The number of halogens is 1. The van der Waals surface area contributed by atoms with E-state index in [1.54, 1.807) is 12.2 Å². The van der Waals surface area contributed by atoms with Gasteiger partial charge in [0.1, 0.15) is 0 Å². The molecule has 0 radical (unpaired) electrons. The standard InChI is InChI=1S/C12H10BrNO2/c13-12(14(15)16)8-6-11(7-9-12)10-4-2-1-3-5-10/h1-8H,9H2. The van der Waals surface area contributed by atoms with E-state index in [9.17, 15) is 10.1 Å². The van der Waals surface area contributed by atoms with Crippen LogP contribution < -0.4 is 0 Å². The molecule has 0 fully saturated rings. The van der Waals surface area contributed by atoms with E-state index < -0.39 is 4.45 Å². The van der Waals surface area contributed by atoms with Crippen LogP contribution in [0.15, 0.2) is 48.6 Å². The summed E-state index contributed by atoms with van der Waals surface area (Å²) >= 11 is 3.13. The number of benzene rings is 1. The average molecular weight is 280 g/mol. The van der Waals surface area contributed by atoms with Crippen LogP contribution in [0.4, 0.5) is 0 Å². The number of alkyl halides is 1. The third kappa shape index (κ3) is 2.07. The van der Waals surface area contributed by atoms with Gasteiger partial charge in [0.2, 0.25) is 0 Å². The lowest BCUT2D eigenvalue weighted by Gasteiger charge is -2.17. The van der Waals surface area contributed by atoms with Gasteiger partial charge in [0, 0.05) is 26.9 Å². The Kier molecular flexibility index (Phi) is 2.92. The molecule has 0 spiro atoms. The summed E-state index contributed by atoms with van der Waals surface area (Å²) in [7, 11) is 0. The first-order valence-electron chi connectivity index (χ1n) is 4.90. The quantitative estimate of drug-likeness (QED) is 0.360. The van der Waals surface area contributed by atoms with Gasteiger partial charge in [-0.25, -0.2) is 0 Å². The van der Waals surface area contributed by atoms with E-state index in [-0.39, 0.29) is 4.92 Å². The second-order valence-electron chi connectivity index (χ2n) is 3.64. The zero-order valence-electron chi connectivity index (χ0n) is 8.47. The van der Waals surface area contributed by atoms with Crippen molar-refractivity contribution >= 4 is 21.5 Å². The molecule has 1 atom stereocenters. The summed E-state index contributed by atoms with van der Waals surface area (Å²) in [4.78, 5) is 10.5. The lowest BCUT2D eigenvalue weighted by atomic mass is 9.97. The fourth-order valence-corrected chi connectivity index (χ4v) is 1.88. The minimum absolute atomic E-state index is 0.318. The summed E-state index contributed by atoms with van der Waals surface area (Å²) in [6, 6.07) is 9.83. The first kappa shape index (κ1) is 11.1. The van der Waals surface area contributed by atoms with Crippen LogP contribution in [-0.2, 0) is 0 Å². The van der Waals surface area contributed by atoms with Crippen molar-refractivity contribution in [2.45, 2.75) is 10.9 Å². The minimum atomic E-state index is -1.13. The van der Waals surface area contributed by atoms with Crippen LogP contribution in [0.3, 0.4) is 0 Å². The van der Waals surface area contributed by atoms with Crippen molar-refractivity contribution < 1.29 is 4.92 Å². The second-order valence-corrected chi connectivity index (χ2v) is 5.01. The number of hydrogen-bond donors (Lipinski definition) is 0. The average Bonchev–Trinajstić information content (AvgIpc) is 2.31. The highest BCUT2D eigenvalue weighted by Crippen LogP contribution is 2.33. The predicted molar refractivity (Wildman–Crippen MR) is 66.8 cm³/mol. The molecule has 1 aromatic rings. The third-order valence-corrected chi connectivity index (χ3v) is 3.41. The summed E-state index contributed by atoms with van der Waals surface area (Å²) < 4.78 is -1.13. The Bertz CT molecular complexity index is 467. The molecule has 82 valence electrons. The highest BCUT2D eigenvalue weighted by molar-refractivity contribution is 9.10. The molecule has 1 aliphatic carbocycles. The van der Waals surface area contributed by atoms with Crippen molar-refractivity contribution in [1.29, 1.82) is 0 Å². The molecule has 0 saturated heterocycles. The molecule has 4 heteroatoms. The summed E-state index contributed by atoms with van der Waals surface area (Å²) in [5.41, 5.74) is 2.11. The van der Waals surface area contributed by atoms with E-state index in [1.807, 2.05) is 36.4 Å². The van der Waals surface area contributed by atoms with Crippen LogP contribution in [0.2, 0.25) is 0 Å². The summed E-state index contributed by atoms with van der Waals surface area (Å²) in [6.45, 7) is 0. The number of hydrogen-bond acceptors (Lipinski definition) is 2. The second kappa shape index (κ2) is 4.22. The van der Waals surface area contributed by atoms with Crippen molar-refractivity contribution in [3.63, 3.8) is 0 Å². The Morgan fingerprint density at radius 3 is 2.50 bits per heavy atom. The fourth-order valence-electron chi connectivity index (χ4n) is 1.59. The predicted octanol–water partition coefficient (Wildman–Crippen LogP) is 3.40. The smallest absolute Gasteiger partial charge is 0.263 e. The summed E-state index contributed by atoms with van der Waals surface area (Å²) in [5.74, 6) is 0. The highest BCUT2D eigenvalue weighted by Gasteiger charge is 2.37. The van der Waals surface area contributed by atoms with Gasteiger partial charge >= 0.3 is 0 Å². The van der Waals surface area contributed by atoms with Gasteiger partial charge in [-0.1, -0.05) is 42.5 Å². The van der Waals surface area contributed by atoms with Crippen molar-refractivity contribution in [1.82, 2.24) is 0 Å². The molecule has 0 heterocycles. The molecule has 0 N–H and O–H groups in total. The zero-order chi connectivity index (χ0) is 11.6. The monoisotopic (exact) mass is 279 g/mol. The van der Waals surface area contributed by atoms with E-state index in [4.69, 9.17) is 0 Å². The van der Waals surface area contributed by atoms with Crippen LogP contribution in [0.1, 0.15) is 12.0 Å². The summed E-state index contributed by atoms with van der Waals surface area (Å²) in [5, 5.41) is 10.8. The Morgan fingerprint density at radius 1 is 1.31 bits per heavy atom. The maximum Gasteiger partial charge on any atom is 0.296 e. The van der Waals surface area contributed by atoms with Crippen LogP contribution in [0.5, 0.6) is 0 Å². The zero-order valence-corrected chi connectivity index (χ0v) is 10.1. The van der Waals surface area contributed by atoms with Crippen molar-refractivity contribution in [3.05, 3.63) is 64.2 Å². The van der Waals surface area contributed by atoms with Crippen molar-refractivity contribution in [2.75, 3.05) is 0 Å². The molecule has 0 aromatic heterocycles. The van der Waals surface area contributed by atoms with Gasteiger partial charge in [-0.3, -0.25) is 10.1 Å². The highest BCUT2D eigenvalue weighted by atomic mass is 79.9. The molecule has 1 unspecified atom stereocenters. The van der Waals surface area contributed by atoms with Crippen molar-refractivity contribution in [2.24, 2.45) is 0 Å². The maximum atomic E-state index is 10.8. The number of allylic oxidation sites excluding steroid dienone is 2. The van der Waals surface area contributed by atoms with E-state index >= 15 is 0 Å². The minimum Gasteiger partial charge on any atom is -0.263 e. The number of rotatable bonds is 2. The van der Waals surface area contributed by atoms with Crippen LogP contribution in [-0.4, -0.2) is 9.37 Å². The van der Waals surface area contributed by atoms with Crippen LogP contribution >= 0.6 is 15.9 Å². The topological polar surface area (TPSA) is 43.1 Å².